The van der Waals surface area contributed by atoms with Gasteiger partial charge in [-0.2, -0.15) is 0 Å². The zero-order valence-electron chi connectivity index (χ0n) is 9.12. The predicted octanol–water partition coefficient (Wildman–Crippen LogP) is 3.50. The lowest BCUT2D eigenvalue weighted by atomic mass is 10.1. The van der Waals surface area contributed by atoms with Crippen LogP contribution in [-0.2, 0) is 0 Å². The van der Waals surface area contributed by atoms with E-state index in [-0.39, 0.29) is 0 Å². The van der Waals surface area contributed by atoms with Gasteiger partial charge in [0.15, 0.2) is 0 Å². The summed E-state index contributed by atoms with van der Waals surface area (Å²) < 4.78 is 0. The van der Waals surface area contributed by atoms with Crippen molar-refractivity contribution in [3.8, 4) is 0 Å². The molecule has 0 saturated carbocycles. The van der Waals surface area contributed by atoms with E-state index in [0.717, 1.165) is 6.54 Å². The van der Waals surface area contributed by atoms with Crippen LogP contribution in [0.5, 0.6) is 0 Å². The van der Waals surface area contributed by atoms with Crippen molar-refractivity contribution in [1.29, 1.82) is 0 Å². The van der Waals surface area contributed by atoms with Gasteiger partial charge in [0.25, 0.3) is 0 Å². The maximum absolute atomic E-state index is 5.91. The van der Waals surface area contributed by atoms with E-state index in [2.05, 4.69) is 16.8 Å². The second-order valence-electron chi connectivity index (χ2n) is 4.23. The molecule has 1 atom stereocenters. The van der Waals surface area contributed by atoms with Crippen LogP contribution in [0.3, 0.4) is 0 Å². The summed E-state index contributed by atoms with van der Waals surface area (Å²) in [7, 11) is 0. The molecule has 1 aliphatic heterocycles. The highest BCUT2D eigenvalue weighted by Gasteiger charge is 2.17. The molecule has 2 heterocycles. The molecule has 1 unspecified atom stereocenters. The zero-order chi connectivity index (χ0) is 10.7. The Balaban J connectivity index is 2.20. The topological polar surface area (TPSA) is 16.1 Å². The minimum atomic E-state index is 0.587. The Bertz CT molecular complexity index is 327. The molecular formula is C12H17ClN2. The molecule has 2 nitrogen and oxygen atoms in total. The molecule has 1 aromatic rings. The molecule has 2 rings (SSSR count). The van der Waals surface area contributed by atoms with Gasteiger partial charge in [-0.3, -0.25) is 0 Å². The van der Waals surface area contributed by atoms with Gasteiger partial charge in [-0.1, -0.05) is 24.4 Å². The van der Waals surface area contributed by atoms with Crippen molar-refractivity contribution in [3.05, 3.63) is 23.5 Å². The van der Waals surface area contributed by atoms with Crippen molar-refractivity contribution in [2.45, 2.75) is 38.6 Å². The van der Waals surface area contributed by atoms with Crippen LogP contribution in [0.15, 0.2) is 18.3 Å². The molecule has 1 fully saturated rings. The molecule has 0 aromatic carbocycles. The molecule has 0 spiro atoms. The average Bonchev–Trinajstić information content (AvgIpc) is 2.43. The molecule has 0 N–H and O–H groups in total. The lowest BCUT2D eigenvalue weighted by Gasteiger charge is -2.29. The lowest BCUT2D eigenvalue weighted by Crippen LogP contribution is -2.32. The smallest absolute Gasteiger partial charge is 0.131 e. The summed E-state index contributed by atoms with van der Waals surface area (Å²) in [6.07, 6.45) is 7.04. The largest absolute Gasteiger partial charge is 0.369 e. The van der Waals surface area contributed by atoms with Gasteiger partial charge in [0.1, 0.15) is 5.15 Å². The second kappa shape index (κ2) is 4.84. The molecular weight excluding hydrogens is 208 g/mol. The van der Waals surface area contributed by atoms with E-state index < -0.39 is 0 Å². The van der Waals surface area contributed by atoms with E-state index in [9.17, 15) is 0 Å². The number of hydrogen-bond donors (Lipinski definition) is 0. The Morgan fingerprint density at radius 1 is 1.40 bits per heavy atom. The van der Waals surface area contributed by atoms with Crippen molar-refractivity contribution in [2.24, 2.45) is 0 Å². The molecule has 0 bridgehead atoms. The minimum Gasteiger partial charge on any atom is -0.369 e. The van der Waals surface area contributed by atoms with Crippen LogP contribution >= 0.6 is 11.6 Å². The SMILES string of the molecule is CC1CCCCCN1c1ccnc(Cl)c1. The third kappa shape index (κ3) is 2.63. The highest BCUT2D eigenvalue weighted by molar-refractivity contribution is 6.29. The number of hydrogen-bond acceptors (Lipinski definition) is 2. The summed E-state index contributed by atoms with van der Waals surface area (Å²) in [5.74, 6) is 0. The Labute approximate surface area is 96.3 Å². The standard InChI is InChI=1S/C12H17ClN2/c1-10-5-3-2-4-8-15(10)11-6-7-14-12(13)9-11/h6-7,9-10H,2-5,8H2,1H3. The van der Waals surface area contributed by atoms with Gasteiger partial charge in [0.05, 0.1) is 0 Å². The van der Waals surface area contributed by atoms with Gasteiger partial charge in [0, 0.05) is 24.5 Å². The monoisotopic (exact) mass is 224 g/mol. The number of halogens is 1. The quantitative estimate of drug-likeness (QED) is 0.679. The summed E-state index contributed by atoms with van der Waals surface area (Å²) >= 11 is 5.91. The summed E-state index contributed by atoms with van der Waals surface area (Å²) in [6.45, 7) is 3.43. The minimum absolute atomic E-state index is 0.587. The maximum atomic E-state index is 5.91. The van der Waals surface area contributed by atoms with E-state index >= 15 is 0 Å². The normalized spacial score (nSPS) is 22.5. The van der Waals surface area contributed by atoms with Crippen LogP contribution in [0, 0.1) is 0 Å². The highest BCUT2D eigenvalue weighted by Crippen LogP contribution is 2.24. The first kappa shape index (κ1) is 10.7. The summed E-state index contributed by atoms with van der Waals surface area (Å²) in [6, 6.07) is 4.63. The molecule has 3 heteroatoms. The van der Waals surface area contributed by atoms with Gasteiger partial charge in [-0.15, -0.1) is 0 Å². The first-order valence-corrected chi connectivity index (χ1v) is 6.03. The van der Waals surface area contributed by atoms with Crippen LogP contribution in [0.4, 0.5) is 5.69 Å². The Kier molecular flexibility index (Phi) is 3.47. The average molecular weight is 225 g/mol. The van der Waals surface area contributed by atoms with E-state index in [4.69, 9.17) is 11.6 Å². The van der Waals surface area contributed by atoms with Crippen molar-refractivity contribution < 1.29 is 0 Å². The Morgan fingerprint density at radius 2 is 2.27 bits per heavy atom. The number of rotatable bonds is 1. The van der Waals surface area contributed by atoms with Gasteiger partial charge in [-0.25, -0.2) is 4.98 Å². The van der Waals surface area contributed by atoms with Crippen molar-refractivity contribution in [3.63, 3.8) is 0 Å². The van der Waals surface area contributed by atoms with Gasteiger partial charge in [0.2, 0.25) is 0 Å². The lowest BCUT2D eigenvalue weighted by molar-refractivity contribution is 0.616. The summed E-state index contributed by atoms with van der Waals surface area (Å²) in [5, 5.41) is 0.587. The van der Waals surface area contributed by atoms with Crippen molar-refractivity contribution in [2.75, 3.05) is 11.4 Å². The van der Waals surface area contributed by atoms with Crippen molar-refractivity contribution >= 4 is 17.3 Å². The highest BCUT2D eigenvalue weighted by atomic mass is 35.5. The number of aromatic nitrogens is 1. The van der Waals surface area contributed by atoms with Gasteiger partial charge in [-0.05, 0) is 31.9 Å². The molecule has 1 saturated heterocycles. The fourth-order valence-electron chi connectivity index (χ4n) is 2.23. The first-order chi connectivity index (χ1) is 7.27. The molecule has 0 amide bonds. The maximum Gasteiger partial charge on any atom is 0.131 e. The number of pyridine rings is 1. The zero-order valence-corrected chi connectivity index (χ0v) is 9.87. The summed E-state index contributed by atoms with van der Waals surface area (Å²) in [4.78, 5) is 6.47. The predicted molar refractivity (Wildman–Crippen MR) is 64.5 cm³/mol. The van der Waals surface area contributed by atoms with Gasteiger partial charge >= 0.3 is 0 Å². The number of nitrogens with zero attached hydrogens (tertiary/aromatic N) is 2. The molecule has 0 aliphatic carbocycles. The first-order valence-electron chi connectivity index (χ1n) is 5.65. The van der Waals surface area contributed by atoms with E-state index in [0.29, 0.717) is 11.2 Å². The van der Waals surface area contributed by atoms with Crippen molar-refractivity contribution in [1.82, 2.24) is 4.98 Å². The van der Waals surface area contributed by atoms with Crippen LogP contribution in [0.1, 0.15) is 32.6 Å². The van der Waals surface area contributed by atoms with Gasteiger partial charge < -0.3 is 4.90 Å². The van der Waals surface area contributed by atoms with E-state index in [1.807, 2.05) is 12.1 Å². The Morgan fingerprint density at radius 3 is 3.07 bits per heavy atom. The van der Waals surface area contributed by atoms with Crippen LogP contribution in [0.2, 0.25) is 5.15 Å². The third-order valence-corrected chi connectivity index (χ3v) is 3.30. The molecule has 1 aromatic heterocycles. The fraction of sp³-hybridized carbons (Fsp3) is 0.583. The van der Waals surface area contributed by atoms with Crippen LogP contribution < -0.4 is 4.90 Å². The molecule has 0 radical (unpaired) electrons. The fourth-order valence-corrected chi connectivity index (χ4v) is 2.40. The van der Waals surface area contributed by atoms with Crippen LogP contribution in [0.25, 0.3) is 0 Å². The van der Waals surface area contributed by atoms with E-state index in [1.165, 1.54) is 31.4 Å². The molecule has 1 aliphatic rings. The molecule has 82 valence electrons. The molecule has 15 heavy (non-hydrogen) atoms. The third-order valence-electron chi connectivity index (χ3n) is 3.09. The number of anilines is 1. The van der Waals surface area contributed by atoms with Crippen LogP contribution in [-0.4, -0.2) is 17.6 Å². The Hall–Kier alpha value is -0.760. The summed E-state index contributed by atoms with van der Waals surface area (Å²) in [5.41, 5.74) is 1.21. The van der Waals surface area contributed by atoms with E-state index in [1.54, 1.807) is 6.20 Å². The second-order valence-corrected chi connectivity index (χ2v) is 4.62.